The lowest BCUT2D eigenvalue weighted by Crippen LogP contribution is -2.64. The van der Waals surface area contributed by atoms with Gasteiger partial charge in [0.25, 0.3) is 0 Å². The first-order chi connectivity index (χ1) is 34.3. The zero-order valence-electron chi connectivity index (χ0n) is 50.6. The predicted molar refractivity (Wildman–Crippen MR) is 332 cm³/mol. The molecule has 2 aliphatic rings. The van der Waals surface area contributed by atoms with Crippen molar-refractivity contribution in [3.63, 3.8) is 0 Å². The van der Waals surface area contributed by atoms with Crippen LogP contribution < -0.4 is 21.3 Å². The average Bonchev–Trinajstić information content (AvgIpc) is 3.29. The molecule has 1 nitrogen and oxygen atoms in total. The van der Waals surface area contributed by atoms with Crippen molar-refractivity contribution in [3.8, 4) is 33.4 Å². The number of hydrogen-bond donors (Lipinski definition) is 0. The van der Waals surface area contributed by atoms with Gasteiger partial charge < -0.3 is 4.90 Å². The molecule has 0 unspecified atom stereocenters. The predicted octanol–water partition coefficient (Wildman–Crippen LogP) is 18.7. The van der Waals surface area contributed by atoms with Crippen LogP contribution >= 0.6 is 0 Å². The van der Waals surface area contributed by atoms with Crippen LogP contribution in [-0.2, 0) is 43.3 Å². The molecule has 2 heteroatoms. The highest BCUT2D eigenvalue weighted by molar-refractivity contribution is 6.99. The molecule has 0 N–H and O–H groups in total. The highest BCUT2D eigenvalue weighted by Gasteiger charge is 2.48. The molecular weight excluding hydrogens is 902 g/mol. The zero-order valence-corrected chi connectivity index (χ0v) is 50.6. The maximum atomic E-state index is 2.61. The van der Waals surface area contributed by atoms with E-state index in [1.807, 2.05) is 0 Å². The molecule has 0 fully saturated rings. The highest BCUT2D eigenvalue weighted by atomic mass is 15.2. The molecule has 0 radical (unpaired) electrons. The van der Waals surface area contributed by atoms with Gasteiger partial charge in [0, 0.05) is 22.5 Å². The fraction of sp³-hybridized carbons (Fsp3) is 0.425. The lowest BCUT2D eigenvalue weighted by molar-refractivity contribution is 0.552. The fourth-order valence-corrected chi connectivity index (χ4v) is 12.0. The van der Waals surface area contributed by atoms with Crippen LogP contribution in [0, 0.1) is 0 Å². The zero-order chi connectivity index (χ0) is 55.1. The summed E-state index contributed by atoms with van der Waals surface area (Å²) in [6, 6.07) is 51.6. The van der Waals surface area contributed by atoms with E-state index in [1.54, 1.807) is 0 Å². The van der Waals surface area contributed by atoms with Crippen molar-refractivity contribution in [3.05, 3.63) is 177 Å². The Balaban J connectivity index is 1.36. The van der Waals surface area contributed by atoms with Crippen molar-refractivity contribution >= 4 is 40.2 Å². The van der Waals surface area contributed by atoms with Gasteiger partial charge in [-0.15, -0.1) is 0 Å². The molecule has 2 heterocycles. The van der Waals surface area contributed by atoms with E-state index in [1.165, 1.54) is 117 Å². The van der Waals surface area contributed by atoms with Gasteiger partial charge in [0.2, 0.25) is 6.71 Å². The molecule has 0 atom stereocenters. The molecule has 0 saturated carbocycles. The SMILES string of the molecule is CC(C)(C)c1ccc(N2c3ccc(C(C)(C)C)cc3B3c4cc(-c5cc(-c6cc(C(C)(C)C)cc(C(C)(C)C)c6)cc(-c6cc(C(C)(C)C)cc(C(C)(C)C)c6)c5)ccc4C(C)(C)c4c(C(C)(C)C)ccc2c43)cc1. The van der Waals surface area contributed by atoms with Crippen LogP contribution in [0.3, 0.4) is 0 Å². The first kappa shape index (κ1) is 54.2. The third-order valence-electron chi connectivity index (χ3n) is 16.9. The lowest BCUT2D eigenvalue weighted by atomic mass is 9.29. The van der Waals surface area contributed by atoms with Crippen molar-refractivity contribution in [1.29, 1.82) is 0 Å². The Morgan fingerprint density at radius 3 is 1.15 bits per heavy atom. The second-order valence-electron chi connectivity index (χ2n) is 30.6. The Kier molecular flexibility index (Phi) is 12.8. The quantitative estimate of drug-likeness (QED) is 0.159. The van der Waals surface area contributed by atoms with Gasteiger partial charge in [-0.3, -0.25) is 0 Å². The summed E-state index contributed by atoms with van der Waals surface area (Å²) in [5, 5.41) is 0. The van der Waals surface area contributed by atoms with E-state index in [4.69, 9.17) is 0 Å². The van der Waals surface area contributed by atoms with Crippen LogP contribution in [0.4, 0.5) is 17.1 Å². The number of nitrogens with zero attached hydrogens (tertiary/aromatic N) is 1. The van der Waals surface area contributed by atoms with E-state index in [0.29, 0.717) is 0 Å². The van der Waals surface area contributed by atoms with Crippen LogP contribution in [0.25, 0.3) is 33.4 Å². The average molecular weight is 992 g/mol. The number of fused-ring (bicyclic) bond motifs is 4. The summed E-state index contributed by atoms with van der Waals surface area (Å²) < 4.78 is 0. The van der Waals surface area contributed by atoms with E-state index >= 15 is 0 Å². The summed E-state index contributed by atoms with van der Waals surface area (Å²) in [5.74, 6) is 0. The minimum Gasteiger partial charge on any atom is -0.312 e. The molecule has 9 rings (SSSR count). The van der Waals surface area contributed by atoms with Gasteiger partial charge in [-0.25, -0.2) is 0 Å². The van der Waals surface area contributed by atoms with Gasteiger partial charge in [-0.2, -0.15) is 0 Å². The molecule has 7 aromatic rings. The molecule has 0 spiro atoms. The van der Waals surface area contributed by atoms with Crippen LogP contribution in [0.15, 0.2) is 127 Å². The minimum atomic E-state index is -0.278. The summed E-state index contributed by atoms with van der Waals surface area (Å²) in [6.07, 6.45) is 0. The van der Waals surface area contributed by atoms with E-state index in [9.17, 15) is 0 Å². The molecule has 0 amide bonds. The molecule has 390 valence electrons. The van der Waals surface area contributed by atoms with Crippen molar-refractivity contribution in [2.45, 2.75) is 203 Å². The summed E-state index contributed by atoms with van der Waals surface area (Å²) in [5.41, 5.74) is 27.7. The summed E-state index contributed by atoms with van der Waals surface area (Å²) >= 11 is 0. The Bertz CT molecular complexity index is 3200. The minimum absolute atomic E-state index is 0.0129. The molecule has 0 aromatic heterocycles. The Morgan fingerprint density at radius 2 is 0.720 bits per heavy atom. The maximum absolute atomic E-state index is 2.61. The van der Waals surface area contributed by atoms with Crippen LogP contribution in [0.2, 0.25) is 0 Å². The third-order valence-corrected chi connectivity index (χ3v) is 16.9. The topological polar surface area (TPSA) is 3.24 Å². The van der Waals surface area contributed by atoms with Gasteiger partial charge in [0.15, 0.2) is 0 Å². The van der Waals surface area contributed by atoms with Gasteiger partial charge in [0.05, 0.1) is 0 Å². The van der Waals surface area contributed by atoms with Crippen molar-refractivity contribution in [2.24, 2.45) is 0 Å². The highest BCUT2D eigenvalue weighted by Crippen LogP contribution is 2.48. The van der Waals surface area contributed by atoms with Crippen molar-refractivity contribution in [1.82, 2.24) is 0 Å². The smallest absolute Gasteiger partial charge is 0.247 e. The molecule has 75 heavy (non-hydrogen) atoms. The Morgan fingerprint density at radius 1 is 0.320 bits per heavy atom. The standard InChI is InChI=1S/C73H90BN/c1-66(2,3)51-25-28-57(29-26-51)75-62-32-27-52(67(4,5)6)44-61(62)74-60-41-45(24-30-58(60)73(22,23)64-59(72(19,20)21)31-33-63(75)65(64)74)46-34-47(49-37-53(68(7,8)9)42-54(38-49)69(10,11)12)36-48(35-46)50-39-55(70(13,14)15)43-56(40-50)71(16,17)18/h24-44H,1-23H3. The van der Waals surface area contributed by atoms with Crippen molar-refractivity contribution < 1.29 is 0 Å². The normalized spacial score (nSPS) is 14.9. The van der Waals surface area contributed by atoms with Gasteiger partial charge in [-0.05, 0) is 175 Å². The fourth-order valence-electron chi connectivity index (χ4n) is 12.0. The molecule has 2 aliphatic heterocycles. The molecular formula is C73H90BN. The Hall–Kier alpha value is -5.60. The monoisotopic (exact) mass is 992 g/mol. The summed E-state index contributed by atoms with van der Waals surface area (Å²) in [4.78, 5) is 2.59. The van der Waals surface area contributed by atoms with E-state index in [-0.39, 0.29) is 50.0 Å². The van der Waals surface area contributed by atoms with Gasteiger partial charge in [0.1, 0.15) is 0 Å². The van der Waals surface area contributed by atoms with Gasteiger partial charge in [-0.1, -0.05) is 250 Å². The summed E-state index contributed by atoms with van der Waals surface area (Å²) in [6.45, 7) is 54.5. The number of anilines is 3. The number of rotatable bonds is 4. The second-order valence-corrected chi connectivity index (χ2v) is 30.6. The number of hydrogen-bond acceptors (Lipinski definition) is 1. The molecule has 0 saturated heterocycles. The molecule has 7 aromatic carbocycles. The van der Waals surface area contributed by atoms with Gasteiger partial charge >= 0.3 is 0 Å². The van der Waals surface area contributed by atoms with E-state index in [2.05, 4.69) is 292 Å². The second kappa shape index (κ2) is 17.7. The molecule has 0 aliphatic carbocycles. The van der Waals surface area contributed by atoms with Crippen LogP contribution in [0.5, 0.6) is 0 Å². The lowest BCUT2D eigenvalue weighted by Gasteiger charge is -2.48. The van der Waals surface area contributed by atoms with Crippen molar-refractivity contribution in [2.75, 3.05) is 4.90 Å². The van der Waals surface area contributed by atoms with E-state index in [0.717, 1.165) is 0 Å². The summed E-state index contributed by atoms with van der Waals surface area (Å²) in [7, 11) is 0. The largest absolute Gasteiger partial charge is 0.312 e. The first-order valence-corrected chi connectivity index (χ1v) is 28.2. The van der Waals surface area contributed by atoms with Crippen LogP contribution in [0.1, 0.15) is 209 Å². The molecule has 0 bridgehead atoms. The Labute approximate surface area is 456 Å². The maximum Gasteiger partial charge on any atom is 0.247 e. The van der Waals surface area contributed by atoms with Crippen LogP contribution in [-0.4, -0.2) is 6.71 Å². The first-order valence-electron chi connectivity index (χ1n) is 28.2. The third kappa shape index (κ3) is 10.0. The number of benzene rings is 7. The van der Waals surface area contributed by atoms with E-state index < -0.39 is 0 Å².